The molecule has 6 rings (SSSR count). The monoisotopic (exact) mass is 592 g/mol. The Morgan fingerprint density at radius 3 is 1.98 bits per heavy atom. The summed E-state index contributed by atoms with van der Waals surface area (Å²) in [5.41, 5.74) is 5.08. The first-order valence-corrected chi connectivity index (χ1v) is 13.1. The van der Waals surface area contributed by atoms with Crippen LogP contribution in [0.25, 0.3) is 22.0 Å². The van der Waals surface area contributed by atoms with Crippen molar-refractivity contribution in [3.05, 3.63) is 125 Å². The van der Waals surface area contributed by atoms with Crippen molar-refractivity contribution in [2.45, 2.75) is 18.4 Å². The summed E-state index contributed by atoms with van der Waals surface area (Å²) < 4.78 is 79.8. The highest BCUT2D eigenvalue weighted by atomic mass is 19.2. The molecule has 0 bridgehead atoms. The topological polar surface area (TPSA) is 80.4 Å². The van der Waals surface area contributed by atoms with Gasteiger partial charge < -0.3 is 19.8 Å². The predicted molar refractivity (Wildman–Crippen MR) is 146 cm³/mol. The number of nitrogens with one attached hydrogen (secondary N) is 2. The molecule has 218 valence electrons. The van der Waals surface area contributed by atoms with E-state index in [1.54, 1.807) is 30.5 Å². The fourth-order valence-corrected chi connectivity index (χ4v) is 5.34. The molecule has 1 aromatic heterocycles. The van der Waals surface area contributed by atoms with Gasteiger partial charge in [0.1, 0.15) is 12.6 Å². The summed E-state index contributed by atoms with van der Waals surface area (Å²) in [7, 11) is 0. The Morgan fingerprint density at radius 1 is 0.767 bits per heavy atom. The zero-order valence-corrected chi connectivity index (χ0v) is 22.1. The Kier molecular flexibility index (Phi) is 7.31. The maximum Gasteiger partial charge on any atom is 0.407 e. The van der Waals surface area contributed by atoms with Gasteiger partial charge in [0.05, 0.1) is 0 Å². The van der Waals surface area contributed by atoms with Gasteiger partial charge in [-0.25, -0.2) is 22.8 Å². The van der Waals surface area contributed by atoms with Crippen molar-refractivity contribution in [1.82, 2.24) is 10.3 Å². The minimum absolute atomic E-state index is 0.105. The van der Waals surface area contributed by atoms with E-state index in [4.69, 9.17) is 4.74 Å². The van der Waals surface area contributed by atoms with Crippen LogP contribution in [0.15, 0.2) is 79.0 Å². The summed E-state index contributed by atoms with van der Waals surface area (Å²) in [6.45, 7) is -0.105. The van der Waals surface area contributed by atoms with Gasteiger partial charge in [0.2, 0.25) is 34.8 Å². The van der Waals surface area contributed by atoms with E-state index in [0.29, 0.717) is 16.5 Å². The molecule has 0 saturated heterocycles. The number of carbonyl (C=O) groups excluding carboxylic acids is 2. The molecule has 1 aliphatic rings. The van der Waals surface area contributed by atoms with E-state index in [1.807, 2.05) is 48.5 Å². The number of halogens is 5. The van der Waals surface area contributed by atoms with Crippen molar-refractivity contribution >= 4 is 23.0 Å². The van der Waals surface area contributed by atoms with Crippen molar-refractivity contribution in [3.63, 3.8) is 0 Å². The highest BCUT2D eigenvalue weighted by Gasteiger charge is 2.33. The summed E-state index contributed by atoms with van der Waals surface area (Å²) in [6.07, 6.45) is 0.242. The number of esters is 1. The molecule has 0 radical (unpaired) electrons. The molecule has 0 saturated carbocycles. The first-order chi connectivity index (χ1) is 20.7. The second-order valence-electron chi connectivity index (χ2n) is 9.91. The Bertz CT molecular complexity index is 1810. The fraction of sp³-hybridized carbons (Fsp3) is 0.125. The Labute approximate surface area is 241 Å². The second-order valence-corrected chi connectivity index (χ2v) is 9.91. The molecule has 1 amide bonds. The standard InChI is InChI=1S/C32H21F5N2O4/c33-25-26(34)28(36)30(29(37)27(25)35)43-31(40)24(13-16-14-38-23-12-6-5-7-17(16)23)39-32(41)42-15-22-20-10-3-1-8-18(20)19-9-2-4-11-21(19)22/h1-12,14,22,24,38H,13,15H2,(H,39,41)/t24-/m1/s1. The van der Waals surface area contributed by atoms with Crippen LogP contribution in [0, 0.1) is 29.1 Å². The van der Waals surface area contributed by atoms with Gasteiger partial charge in [0, 0.05) is 29.4 Å². The quantitative estimate of drug-likeness (QED) is 0.0707. The first-order valence-electron chi connectivity index (χ1n) is 13.1. The first kappa shape index (κ1) is 28.0. The minimum atomic E-state index is -2.40. The number of hydrogen-bond acceptors (Lipinski definition) is 4. The van der Waals surface area contributed by atoms with Crippen molar-refractivity contribution in [1.29, 1.82) is 0 Å². The third-order valence-electron chi connectivity index (χ3n) is 7.39. The maximum atomic E-state index is 14.3. The largest absolute Gasteiger partial charge is 0.449 e. The normalized spacial score (nSPS) is 13.0. The van der Waals surface area contributed by atoms with Gasteiger partial charge in [-0.1, -0.05) is 66.7 Å². The smallest absolute Gasteiger partial charge is 0.407 e. The van der Waals surface area contributed by atoms with E-state index in [9.17, 15) is 31.5 Å². The number of aromatic nitrogens is 1. The molecule has 2 N–H and O–H groups in total. The number of ether oxygens (including phenoxy) is 2. The van der Waals surface area contributed by atoms with Crippen LogP contribution in [0.3, 0.4) is 0 Å². The molecular weight excluding hydrogens is 571 g/mol. The molecule has 5 aromatic rings. The third-order valence-corrected chi connectivity index (χ3v) is 7.39. The number of amides is 1. The Morgan fingerprint density at radius 2 is 1.33 bits per heavy atom. The molecule has 0 aliphatic heterocycles. The fourth-order valence-electron chi connectivity index (χ4n) is 5.34. The molecule has 1 atom stereocenters. The van der Waals surface area contributed by atoms with Gasteiger partial charge in [0.15, 0.2) is 0 Å². The van der Waals surface area contributed by atoms with Crippen LogP contribution in [0.4, 0.5) is 26.7 Å². The van der Waals surface area contributed by atoms with E-state index < -0.39 is 52.9 Å². The molecule has 4 aromatic carbocycles. The Balaban J connectivity index is 1.25. The van der Waals surface area contributed by atoms with Crippen LogP contribution < -0.4 is 10.1 Å². The summed E-state index contributed by atoms with van der Waals surface area (Å²) in [6, 6.07) is 20.7. The average molecular weight is 593 g/mol. The summed E-state index contributed by atoms with van der Waals surface area (Å²) in [5, 5.41) is 3.01. The van der Waals surface area contributed by atoms with E-state index in [-0.39, 0.29) is 18.9 Å². The lowest BCUT2D eigenvalue weighted by molar-refractivity contribution is -0.137. The zero-order valence-electron chi connectivity index (χ0n) is 22.1. The number of H-pyrrole nitrogens is 1. The average Bonchev–Trinajstić information content (AvgIpc) is 3.58. The molecule has 0 unspecified atom stereocenters. The lowest BCUT2D eigenvalue weighted by atomic mass is 9.98. The maximum absolute atomic E-state index is 14.3. The van der Waals surface area contributed by atoms with E-state index in [2.05, 4.69) is 15.0 Å². The summed E-state index contributed by atoms with van der Waals surface area (Å²) in [4.78, 5) is 29.1. The van der Waals surface area contributed by atoms with Gasteiger partial charge in [-0.05, 0) is 33.9 Å². The zero-order chi connectivity index (χ0) is 30.2. The molecule has 11 heteroatoms. The van der Waals surface area contributed by atoms with Crippen LogP contribution in [0.5, 0.6) is 5.75 Å². The van der Waals surface area contributed by atoms with Crippen LogP contribution in [0.1, 0.15) is 22.6 Å². The number of rotatable bonds is 7. The molecule has 43 heavy (non-hydrogen) atoms. The molecule has 6 nitrogen and oxygen atoms in total. The third kappa shape index (κ3) is 5.07. The summed E-state index contributed by atoms with van der Waals surface area (Å²) in [5.74, 6) is -15.2. The van der Waals surface area contributed by atoms with E-state index in [0.717, 1.165) is 22.3 Å². The highest BCUT2D eigenvalue weighted by molar-refractivity contribution is 5.87. The van der Waals surface area contributed by atoms with Crippen LogP contribution in [-0.4, -0.2) is 29.7 Å². The number of fused-ring (bicyclic) bond motifs is 4. The predicted octanol–water partition coefficient (Wildman–Crippen LogP) is 6.92. The summed E-state index contributed by atoms with van der Waals surface area (Å²) >= 11 is 0. The van der Waals surface area contributed by atoms with Crippen molar-refractivity contribution in [2.75, 3.05) is 6.61 Å². The number of alkyl carbamates (subject to hydrolysis) is 1. The second kappa shape index (κ2) is 11.2. The van der Waals surface area contributed by atoms with Gasteiger partial charge >= 0.3 is 12.1 Å². The van der Waals surface area contributed by atoms with Gasteiger partial charge in [-0.2, -0.15) is 8.78 Å². The van der Waals surface area contributed by atoms with Gasteiger partial charge in [0.25, 0.3) is 0 Å². The van der Waals surface area contributed by atoms with Crippen molar-refractivity contribution in [3.8, 4) is 16.9 Å². The van der Waals surface area contributed by atoms with Gasteiger partial charge in [-0.3, -0.25) is 0 Å². The van der Waals surface area contributed by atoms with E-state index >= 15 is 0 Å². The SMILES string of the molecule is O=C(N[C@H](Cc1c[nH]c2ccccc12)C(=O)Oc1c(F)c(F)c(F)c(F)c1F)OCC1c2ccccc2-c2ccccc21. The number of benzene rings is 4. The molecule has 1 aliphatic carbocycles. The highest BCUT2D eigenvalue weighted by Crippen LogP contribution is 2.44. The van der Waals surface area contributed by atoms with Crippen LogP contribution >= 0.6 is 0 Å². The molecule has 0 spiro atoms. The number of para-hydroxylation sites is 1. The molecule has 1 heterocycles. The lowest BCUT2D eigenvalue weighted by Gasteiger charge is -2.19. The number of carbonyl (C=O) groups is 2. The molecular formula is C32H21F5N2O4. The van der Waals surface area contributed by atoms with Crippen molar-refractivity contribution in [2.24, 2.45) is 0 Å². The van der Waals surface area contributed by atoms with Crippen molar-refractivity contribution < 1.29 is 41.0 Å². The van der Waals surface area contributed by atoms with Crippen LogP contribution in [0.2, 0.25) is 0 Å². The molecule has 0 fully saturated rings. The minimum Gasteiger partial charge on any atom is -0.449 e. The lowest BCUT2D eigenvalue weighted by Crippen LogP contribution is -2.45. The van der Waals surface area contributed by atoms with Crippen LogP contribution in [-0.2, 0) is 16.0 Å². The van der Waals surface area contributed by atoms with E-state index in [1.165, 1.54) is 0 Å². The Hall–Kier alpha value is -5.19. The number of aromatic amines is 1. The van der Waals surface area contributed by atoms with Gasteiger partial charge in [-0.15, -0.1) is 0 Å². The number of hydrogen-bond donors (Lipinski definition) is 2.